The lowest BCUT2D eigenvalue weighted by atomic mass is 9.84. The summed E-state index contributed by atoms with van der Waals surface area (Å²) in [5.74, 6) is -0.987. The van der Waals surface area contributed by atoms with Gasteiger partial charge in [-0.1, -0.05) is 18.2 Å². The van der Waals surface area contributed by atoms with Gasteiger partial charge in [-0.3, -0.25) is 19.3 Å². The van der Waals surface area contributed by atoms with E-state index in [2.05, 4.69) is 4.98 Å². The predicted molar refractivity (Wildman–Crippen MR) is 136 cm³/mol. The fourth-order valence-corrected chi connectivity index (χ4v) is 6.24. The van der Waals surface area contributed by atoms with E-state index in [1.54, 1.807) is 17.0 Å². The molecule has 2 amide bonds. The topological polar surface area (TPSA) is 83.7 Å². The van der Waals surface area contributed by atoms with Crippen molar-refractivity contribution in [2.24, 2.45) is 0 Å². The maximum absolute atomic E-state index is 14.3. The van der Waals surface area contributed by atoms with Crippen LogP contribution < -0.4 is 15.2 Å². The van der Waals surface area contributed by atoms with Gasteiger partial charge in [-0.05, 0) is 63.9 Å². The monoisotopic (exact) mass is 485 g/mol. The fraction of sp³-hybridized carbons (Fsp3) is 0.259. The van der Waals surface area contributed by atoms with Gasteiger partial charge in [-0.2, -0.15) is 0 Å². The number of amides is 2. The molecule has 7 nitrogen and oxygen atoms in total. The maximum atomic E-state index is 14.3. The number of nitrogens with zero attached hydrogens (tertiary/aromatic N) is 3. The van der Waals surface area contributed by atoms with Crippen LogP contribution >= 0.6 is 11.3 Å². The molecule has 6 rings (SSSR count). The minimum Gasteiger partial charge on any atom is -0.450 e. The third-order valence-electron chi connectivity index (χ3n) is 7.27. The summed E-state index contributed by atoms with van der Waals surface area (Å²) in [6.45, 7) is 9.90. The summed E-state index contributed by atoms with van der Waals surface area (Å²) in [5.41, 5.74) is 2.26. The Kier molecular flexibility index (Phi) is 4.42. The average molecular weight is 486 g/mol. The molecule has 2 aliphatic heterocycles. The largest absolute Gasteiger partial charge is 0.450 e. The Morgan fingerprint density at radius 2 is 1.74 bits per heavy atom. The van der Waals surface area contributed by atoms with Gasteiger partial charge >= 0.3 is 0 Å². The van der Waals surface area contributed by atoms with Gasteiger partial charge in [0.2, 0.25) is 5.76 Å². The van der Waals surface area contributed by atoms with Crippen molar-refractivity contribution in [1.82, 2.24) is 4.98 Å². The Bertz CT molecular complexity index is 1650. The van der Waals surface area contributed by atoms with Gasteiger partial charge in [0.05, 0.1) is 22.3 Å². The SMILES string of the molecule is CCN1C(=O)C2(c3ccccc31)c1c(oc3cc(C)c(C)cc3c1=O)C(=O)N2c1nc(C)c(C)s1. The summed E-state index contributed by atoms with van der Waals surface area (Å²) in [6.07, 6.45) is 0. The highest BCUT2D eigenvalue weighted by atomic mass is 32.1. The highest BCUT2D eigenvalue weighted by molar-refractivity contribution is 7.16. The molecule has 0 bridgehead atoms. The first kappa shape index (κ1) is 21.7. The van der Waals surface area contributed by atoms with Crippen molar-refractivity contribution in [1.29, 1.82) is 0 Å². The number of rotatable bonds is 2. The number of fused-ring (bicyclic) bond motifs is 5. The number of aryl methyl sites for hydroxylation is 4. The normalized spacial score (nSPS) is 18.8. The van der Waals surface area contributed by atoms with Crippen LogP contribution in [-0.2, 0) is 10.3 Å². The van der Waals surface area contributed by atoms with Crippen molar-refractivity contribution < 1.29 is 14.0 Å². The molecule has 1 spiro atoms. The molecule has 4 heterocycles. The predicted octanol–water partition coefficient (Wildman–Crippen LogP) is 4.75. The van der Waals surface area contributed by atoms with Crippen LogP contribution in [0.1, 0.15) is 50.3 Å². The van der Waals surface area contributed by atoms with E-state index in [4.69, 9.17) is 4.42 Å². The zero-order valence-electron chi connectivity index (χ0n) is 20.1. The second kappa shape index (κ2) is 7.11. The molecule has 1 atom stereocenters. The second-order valence-electron chi connectivity index (χ2n) is 9.12. The first-order valence-corrected chi connectivity index (χ1v) is 12.3. The number of para-hydroxylation sites is 1. The average Bonchev–Trinajstić information content (AvgIpc) is 3.38. The van der Waals surface area contributed by atoms with Crippen molar-refractivity contribution in [3.63, 3.8) is 0 Å². The van der Waals surface area contributed by atoms with Crippen LogP contribution in [0.4, 0.5) is 10.8 Å². The quantitative estimate of drug-likeness (QED) is 0.409. The van der Waals surface area contributed by atoms with Gasteiger partial charge in [0.15, 0.2) is 16.1 Å². The zero-order chi connectivity index (χ0) is 24.8. The van der Waals surface area contributed by atoms with E-state index >= 15 is 0 Å². The molecular weight excluding hydrogens is 462 g/mol. The van der Waals surface area contributed by atoms with E-state index in [1.807, 2.05) is 58.9 Å². The molecule has 0 saturated heterocycles. The van der Waals surface area contributed by atoms with Gasteiger partial charge in [-0.25, -0.2) is 4.98 Å². The molecule has 35 heavy (non-hydrogen) atoms. The van der Waals surface area contributed by atoms with E-state index in [1.165, 1.54) is 16.2 Å². The number of benzene rings is 2. The summed E-state index contributed by atoms with van der Waals surface area (Å²) in [5, 5.41) is 0.723. The molecular formula is C27H23N3O4S. The standard InChI is InChI=1S/C27H23N3O4S/c1-6-29-19-10-8-7-9-18(19)27(25(29)33)21-22(31)17-11-13(2)14(3)12-20(17)34-23(21)24(32)30(27)26-28-15(4)16(5)35-26/h7-12H,6H2,1-5H3. The van der Waals surface area contributed by atoms with Crippen LogP contribution in [0.15, 0.2) is 45.6 Å². The van der Waals surface area contributed by atoms with Crippen molar-refractivity contribution in [3.05, 3.63) is 85.2 Å². The molecule has 1 unspecified atom stereocenters. The van der Waals surface area contributed by atoms with Crippen molar-refractivity contribution in [2.75, 3.05) is 16.3 Å². The molecule has 0 fully saturated rings. The molecule has 4 aromatic rings. The number of thiazole rings is 1. The van der Waals surface area contributed by atoms with Gasteiger partial charge in [0.1, 0.15) is 5.58 Å². The third kappa shape index (κ3) is 2.55. The Labute approximate surface area is 205 Å². The first-order valence-electron chi connectivity index (χ1n) is 11.5. The molecule has 2 aliphatic rings. The Balaban J connectivity index is 1.80. The van der Waals surface area contributed by atoms with Crippen LogP contribution in [0.25, 0.3) is 11.0 Å². The third-order valence-corrected chi connectivity index (χ3v) is 8.32. The molecule has 0 saturated carbocycles. The van der Waals surface area contributed by atoms with E-state index in [9.17, 15) is 14.4 Å². The molecule has 0 aliphatic carbocycles. The number of carbonyl (C=O) groups excluding carboxylic acids is 2. The zero-order valence-corrected chi connectivity index (χ0v) is 20.9. The number of carbonyl (C=O) groups is 2. The van der Waals surface area contributed by atoms with E-state index in [0.717, 1.165) is 21.7 Å². The minimum atomic E-state index is -1.68. The highest BCUT2D eigenvalue weighted by Crippen LogP contribution is 2.54. The summed E-state index contributed by atoms with van der Waals surface area (Å²) < 4.78 is 6.16. The molecule has 0 radical (unpaired) electrons. The van der Waals surface area contributed by atoms with Gasteiger partial charge < -0.3 is 9.32 Å². The Morgan fingerprint density at radius 1 is 1.03 bits per heavy atom. The minimum absolute atomic E-state index is 0.0668. The van der Waals surface area contributed by atoms with Crippen molar-refractivity contribution in [2.45, 2.75) is 40.2 Å². The maximum Gasteiger partial charge on any atom is 0.297 e. The van der Waals surface area contributed by atoms with E-state index in [-0.39, 0.29) is 22.7 Å². The molecule has 2 aromatic heterocycles. The summed E-state index contributed by atoms with van der Waals surface area (Å²) in [4.78, 5) is 51.2. The fourth-order valence-electron chi connectivity index (χ4n) is 5.28. The highest BCUT2D eigenvalue weighted by Gasteiger charge is 2.66. The van der Waals surface area contributed by atoms with Gasteiger partial charge in [0.25, 0.3) is 11.8 Å². The number of hydrogen-bond acceptors (Lipinski definition) is 6. The lowest BCUT2D eigenvalue weighted by Crippen LogP contribution is -2.53. The number of aromatic nitrogens is 1. The van der Waals surface area contributed by atoms with Crippen LogP contribution in [0.3, 0.4) is 0 Å². The van der Waals surface area contributed by atoms with Crippen molar-refractivity contribution >= 4 is 44.9 Å². The number of hydrogen-bond donors (Lipinski definition) is 0. The van der Waals surface area contributed by atoms with Crippen LogP contribution in [0, 0.1) is 27.7 Å². The van der Waals surface area contributed by atoms with Crippen LogP contribution in [0.5, 0.6) is 0 Å². The Hall–Kier alpha value is -3.78. The lowest BCUT2D eigenvalue weighted by molar-refractivity contribution is -0.121. The van der Waals surface area contributed by atoms with Crippen LogP contribution in [0.2, 0.25) is 0 Å². The van der Waals surface area contributed by atoms with Gasteiger partial charge in [0, 0.05) is 17.0 Å². The van der Waals surface area contributed by atoms with Crippen LogP contribution in [-0.4, -0.2) is 23.3 Å². The van der Waals surface area contributed by atoms with Gasteiger partial charge in [-0.15, -0.1) is 11.3 Å². The first-order chi connectivity index (χ1) is 16.7. The van der Waals surface area contributed by atoms with E-state index < -0.39 is 11.4 Å². The smallest absolute Gasteiger partial charge is 0.297 e. The number of likely N-dealkylation sites (N-methyl/N-ethyl adjacent to an activating group) is 1. The number of anilines is 2. The molecule has 2 aromatic carbocycles. The van der Waals surface area contributed by atoms with E-state index in [0.29, 0.717) is 33.9 Å². The molecule has 8 heteroatoms. The van der Waals surface area contributed by atoms with Crippen molar-refractivity contribution in [3.8, 4) is 0 Å². The molecule has 176 valence electrons. The summed E-state index contributed by atoms with van der Waals surface area (Å²) in [7, 11) is 0. The summed E-state index contributed by atoms with van der Waals surface area (Å²) in [6, 6.07) is 10.9. The molecule has 0 N–H and O–H groups in total. The second-order valence-corrected chi connectivity index (χ2v) is 10.3. The lowest BCUT2D eigenvalue weighted by Gasteiger charge is -2.32. The summed E-state index contributed by atoms with van der Waals surface area (Å²) >= 11 is 1.33. The Morgan fingerprint density at radius 3 is 2.43 bits per heavy atom.